The van der Waals surface area contributed by atoms with Crippen LogP contribution in [0.5, 0.6) is 0 Å². The zero-order valence-corrected chi connectivity index (χ0v) is 15.5. The van der Waals surface area contributed by atoms with Crippen LogP contribution in [0.15, 0.2) is 46.5 Å². The molecule has 0 radical (unpaired) electrons. The molecule has 136 valence electrons. The number of sulfone groups is 1. The maximum absolute atomic E-state index is 12.8. The first-order valence-electron chi connectivity index (χ1n) is 7.58. The summed E-state index contributed by atoms with van der Waals surface area (Å²) in [5, 5.41) is 4.08. The molecule has 0 aliphatic carbocycles. The number of rotatable bonds is 4. The summed E-state index contributed by atoms with van der Waals surface area (Å²) in [6.45, 7) is 0.703. The van der Waals surface area contributed by atoms with E-state index in [1.165, 1.54) is 28.6 Å². The topological polar surface area (TPSA) is 98.6 Å². The zero-order valence-electron chi connectivity index (χ0n) is 13.9. The molecule has 1 aliphatic heterocycles. The molecule has 0 amide bonds. The van der Waals surface area contributed by atoms with Crippen molar-refractivity contribution in [2.24, 2.45) is 7.05 Å². The number of hydrogen-bond acceptors (Lipinski definition) is 6. The van der Waals surface area contributed by atoms with Gasteiger partial charge in [-0.2, -0.15) is 9.40 Å². The van der Waals surface area contributed by atoms with Gasteiger partial charge in [-0.3, -0.25) is 4.68 Å². The van der Waals surface area contributed by atoms with Gasteiger partial charge in [-0.15, -0.1) is 0 Å². The second-order valence-corrected chi connectivity index (χ2v) is 9.87. The molecule has 8 nitrogen and oxygen atoms in total. The highest BCUT2D eigenvalue weighted by Crippen LogP contribution is 2.26. The van der Waals surface area contributed by atoms with Crippen molar-refractivity contribution in [1.29, 1.82) is 0 Å². The van der Waals surface area contributed by atoms with Gasteiger partial charge in [0.25, 0.3) is 0 Å². The van der Waals surface area contributed by atoms with E-state index in [2.05, 4.69) is 5.10 Å². The molecular weight excluding hydrogens is 366 g/mol. The van der Waals surface area contributed by atoms with Crippen LogP contribution < -0.4 is 0 Å². The van der Waals surface area contributed by atoms with Crippen molar-refractivity contribution in [2.75, 3.05) is 26.0 Å². The molecular formula is C15H19N3O5S2. The van der Waals surface area contributed by atoms with E-state index in [9.17, 15) is 16.8 Å². The van der Waals surface area contributed by atoms with Gasteiger partial charge < -0.3 is 4.74 Å². The van der Waals surface area contributed by atoms with Crippen LogP contribution in [0.4, 0.5) is 0 Å². The maximum Gasteiger partial charge on any atom is 0.243 e. The van der Waals surface area contributed by atoms with Crippen LogP contribution in [0.3, 0.4) is 0 Å². The van der Waals surface area contributed by atoms with E-state index in [-0.39, 0.29) is 35.6 Å². The summed E-state index contributed by atoms with van der Waals surface area (Å²) < 4.78 is 57.3. The van der Waals surface area contributed by atoms with Crippen molar-refractivity contribution in [2.45, 2.75) is 15.9 Å². The minimum Gasteiger partial charge on any atom is -0.371 e. The summed E-state index contributed by atoms with van der Waals surface area (Å²) in [4.78, 5) is 0.147. The second kappa shape index (κ2) is 6.52. The lowest BCUT2D eigenvalue weighted by atomic mass is 10.2. The molecule has 1 aromatic heterocycles. The molecule has 2 heterocycles. The molecule has 0 N–H and O–H groups in total. The number of hydrogen-bond donors (Lipinski definition) is 0. The predicted octanol–water partition coefficient (Wildman–Crippen LogP) is 0.586. The van der Waals surface area contributed by atoms with Gasteiger partial charge in [-0.1, -0.05) is 0 Å². The first-order chi connectivity index (χ1) is 11.7. The molecule has 1 fully saturated rings. The van der Waals surface area contributed by atoms with Crippen LogP contribution in [0.2, 0.25) is 0 Å². The van der Waals surface area contributed by atoms with Crippen molar-refractivity contribution in [3.05, 3.63) is 42.2 Å². The highest BCUT2D eigenvalue weighted by atomic mass is 32.2. The zero-order chi connectivity index (χ0) is 18.2. The maximum atomic E-state index is 12.8. The van der Waals surface area contributed by atoms with Crippen LogP contribution in [-0.4, -0.2) is 56.9 Å². The number of ether oxygens (including phenoxy) is 1. The van der Waals surface area contributed by atoms with Crippen LogP contribution in [0.25, 0.3) is 0 Å². The average Bonchev–Trinajstić information content (AvgIpc) is 3.01. The third-order valence-corrected chi connectivity index (χ3v) is 7.02. The van der Waals surface area contributed by atoms with E-state index in [1.54, 1.807) is 24.1 Å². The minimum atomic E-state index is -3.73. The largest absolute Gasteiger partial charge is 0.371 e. The molecule has 10 heteroatoms. The molecule has 1 aliphatic rings. The van der Waals surface area contributed by atoms with Crippen LogP contribution in [-0.2, 0) is 31.6 Å². The van der Waals surface area contributed by atoms with Crippen molar-refractivity contribution < 1.29 is 21.6 Å². The Morgan fingerprint density at radius 2 is 1.76 bits per heavy atom. The average molecular weight is 385 g/mol. The van der Waals surface area contributed by atoms with Gasteiger partial charge in [0.1, 0.15) is 0 Å². The van der Waals surface area contributed by atoms with Gasteiger partial charge in [0.05, 0.1) is 28.7 Å². The van der Waals surface area contributed by atoms with Gasteiger partial charge >= 0.3 is 0 Å². The normalized spacial score (nSPS) is 19.8. The highest BCUT2D eigenvalue weighted by molar-refractivity contribution is 7.90. The number of benzene rings is 1. The molecule has 2 aromatic rings. The van der Waals surface area contributed by atoms with Gasteiger partial charge in [-0.05, 0) is 24.3 Å². The van der Waals surface area contributed by atoms with E-state index in [4.69, 9.17) is 4.74 Å². The predicted molar refractivity (Wildman–Crippen MR) is 90.2 cm³/mol. The Bertz CT molecular complexity index is 965. The van der Waals surface area contributed by atoms with Gasteiger partial charge in [0.2, 0.25) is 10.0 Å². The van der Waals surface area contributed by atoms with E-state index < -0.39 is 19.9 Å². The number of sulfonamides is 1. The monoisotopic (exact) mass is 385 g/mol. The van der Waals surface area contributed by atoms with Crippen molar-refractivity contribution in [3.63, 3.8) is 0 Å². The highest BCUT2D eigenvalue weighted by Gasteiger charge is 2.32. The first kappa shape index (κ1) is 18.1. The molecule has 3 rings (SSSR count). The Labute approximate surface area is 147 Å². The van der Waals surface area contributed by atoms with Gasteiger partial charge in [-0.25, -0.2) is 16.8 Å². The Morgan fingerprint density at radius 3 is 2.32 bits per heavy atom. The van der Waals surface area contributed by atoms with Crippen LogP contribution in [0, 0.1) is 0 Å². The number of aromatic nitrogens is 2. The van der Waals surface area contributed by atoms with Crippen LogP contribution in [0.1, 0.15) is 11.7 Å². The van der Waals surface area contributed by atoms with E-state index in [0.717, 1.165) is 11.8 Å². The molecule has 0 unspecified atom stereocenters. The fourth-order valence-electron chi connectivity index (χ4n) is 2.66. The molecule has 1 atom stereocenters. The summed E-state index contributed by atoms with van der Waals surface area (Å²) >= 11 is 0. The fourth-order valence-corrected chi connectivity index (χ4v) is 4.72. The number of morpholine rings is 1. The lowest BCUT2D eigenvalue weighted by Gasteiger charge is -2.31. The Kier molecular flexibility index (Phi) is 4.71. The summed E-state index contributed by atoms with van der Waals surface area (Å²) in [5.41, 5.74) is 0.815. The second-order valence-electron chi connectivity index (χ2n) is 5.91. The van der Waals surface area contributed by atoms with E-state index in [0.29, 0.717) is 0 Å². The molecule has 1 aromatic carbocycles. The smallest absolute Gasteiger partial charge is 0.243 e. The Morgan fingerprint density at radius 1 is 1.12 bits per heavy atom. The third kappa shape index (κ3) is 3.76. The lowest BCUT2D eigenvalue weighted by molar-refractivity contribution is -0.00259. The Balaban J connectivity index is 1.84. The minimum absolute atomic E-state index is 0.0618. The summed E-state index contributed by atoms with van der Waals surface area (Å²) in [6.07, 6.45) is 4.15. The van der Waals surface area contributed by atoms with Crippen LogP contribution >= 0.6 is 0 Å². The lowest BCUT2D eigenvalue weighted by Crippen LogP contribution is -2.42. The standard InChI is InChI=1S/C15H19N3O5S2/c1-17-10-12(9-16-17)15-11-18(7-8-23-15)25(21,22)14-5-3-13(4-6-14)24(2,19)20/h3-6,9-10,15H,7-8,11H2,1-2H3/t15-/m1/s1. The molecule has 1 saturated heterocycles. The number of nitrogens with zero attached hydrogens (tertiary/aromatic N) is 3. The summed E-state index contributed by atoms with van der Waals surface area (Å²) in [5.74, 6) is 0. The van der Waals surface area contributed by atoms with Crippen molar-refractivity contribution in [1.82, 2.24) is 14.1 Å². The van der Waals surface area contributed by atoms with Crippen molar-refractivity contribution in [3.8, 4) is 0 Å². The SMILES string of the molecule is Cn1cc([C@H]2CN(S(=O)(=O)c3ccc(S(C)(=O)=O)cc3)CCO2)cn1. The first-order valence-corrected chi connectivity index (χ1v) is 10.9. The quantitative estimate of drug-likeness (QED) is 0.764. The third-order valence-electron chi connectivity index (χ3n) is 4.02. The summed E-state index contributed by atoms with van der Waals surface area (Å²) in [6, 6.07) is 5.25. The summed E-state index contributed by atoms with van der Waals surface area (Å²) in [7, 11) is -5.32. The fraction of sp³-hybridized carbons (Fsp3) is 0.400. The number of aryl methyl sites for hydroxylation is 1. The molecule has 0 bridgehead atoms. The van der Waals surface area contributed by atoms with Gasteiger partial charge in [0.15, 0.2) is 9.84 Å². The van der Waals surface area contributed by atoms with Gasteiger partial charge in [0, 0.05) is 38.2 Å². The molecule has 25 heavy (non-hydrogen) atoms. The van der Waals surface area contributed by atoms with Crippen molar-refractivity contribution >= 4 is 19.9 Å². The van der Waals surface area contributed by atoms with E-state index in [1.807, 2.05) is 0 Å². The Hall–Kier alpha value is -1.75. The molecule has 0 spiro atoms. The van der Waals surface area contributed by atoms with E-state index >= 15 is 0 Å². The molecule has 0 saturated carbocycles.